The molecule has 1 saturated heterocycles. The highest BCUT2D eigenvalue weighted by Gasteiger charge is 2.27. The number of aromatic nitrogens is 2. The van der Waals surface area contributed by atoms with Gasteiger partial charge in [0.15, 0.2) is 0 Å². The Labute approximate surface area is 170 Å². The van der Waals surface area contributed by atoms with Crippen LogP contribution in [0.1, 0.15) is 20.3 Å². The van der Waals surface area contributed by atoms with Gasteiger partial charge in [0.25, 0.3) is 5.56 Å². The van der Waals surface area contributed by atoms with Crippen LogP contribution in [0.3, 0.4) is 0 Å². The van der Waals surface area contributed by atoms with E-state index in [2.05, 4.69) is 13.8 Å². The van der Waals surface area contributed by atoms with Crippen LogP contribution in [-0.4, -0.2) is 33.0 Å². The summed E-state index contributed by atoms with van der Waals surface area (Å²) in [7, 11) is 0. The fourth-order valence-corrected chi connectivity index (χ4v) is 5.01. The molecule has 4 rings (SSSR count). The third kappa shape index (κ3) is 3.53. The molecule has 6 nitrogen and oxygen atoms in total. The Morgan fingerprint density at radius 2 is 1.83 bits per heavy atom. The molecule has 0 bridgehead atoms. The third-order valence-electron chi connectivity index (χ3n) is 5.36. The normalized spacial score (nSPS) is 19.6. The molecule has 0 aliphatic carbocycles. The topological polar surface area (TPSA) is 64.3 Å². The van der Waals surface area contributed by atoms with Crippen molar-refractivity contribution >= 4 is 27.5 Å². The Bertz CT molecular complexity index is 1190. The highest BCUT2D eigenvalue weighted by Crippen LogP contribution is 2.22. The Hall–Kier alpha value is -2.74. The van der Waals surface area contributed by atoms with Crippen molar-refractivity contribution in [3.63, 3.8) is 0 Å². The second-order valence-corrected chi connectivity index (χ2v) is 8.76. The number of nitrogens with zero attached hydrogens (tertiary/aromatic N) is 3. The number of para-hydroxylation sites is 1. The molecule has 0 spiro atoms. The minimum absolute atomic E-state index is 0.112. The van der Waals surface area contributed by atoms with Gasteiger partial charge in [-0.3, -0.25) is 14.2 Å². The molecule has 8 heteroatoms. The molecule has 1 aliphatic rings. The van der Waals surface area contributed by atoms with E-state index in [0.717, 1.165) is 11.0 Å². The standard InChI is InChI=1S/C21H22FN3O3S/c1-13-9-14(2)11-23(10-13)18(26)12-24-17-7-8-29-19(17)20(27)25(21(24)28)16-6-4-3-5-15(16)22/h3-8,13-14H,9-12H2,1-2H3/t13-,14-/m0/s1. The molecule has 2 aromatic heterocycles. The van der Waals surface area contributed by atoms with Gasteiger partial charge in [-0.2, -0.15) is 0 Å². The molecule has 3 heterocycles. The van der Waals surface area contributed by atoms with Crippen LogP contribution in [0.25, 0.3) is 15.9 Å². The lowest BCUT2D eigenvalue weighted by Crippen LogP contribution is -2.46. The molecular weight excluding hydrogens is 393 g/mol. The first kappa shape index (κ1) is 19.6. The largest absolute Gasteiger partial charge is 0.341 e. The number of amides is 1. The summed E-state index contributed by atoms with van der Waals surface area (Å²) in [5.41, 5.74) is -0.991. The van der Waals surface area contributed by atoms with Crippen molar-refractivity contribution in [3.8, 4) is 5.69 Å². The Morgan fingerprint density at radius 3 is 2.52 bits per heavy atom. The Kier molecular flexibility index (Phi) is 5.12. The van der Waals surface area contributed by atoms with Gasteiger partial charge >= 0.3 is 5.69 Å². The van der Waals surface area contributed by atoms with Gasteiger partial charge in [-0.05, 0) is 41.8 Å². The summed E-state index contributed by atoms with van der Waals surface area (Å²) in [6.07, 6.45) is 1.07. The summed E-state index contributed by atoms with van der Waals surface area (Å²) >= 11 is 1.17. The number of hydrogen-bond acceptors (Lipinski definition) is 4. The van der Waals surface area contributed by atoms with E-state index in [4.69, 9.17) is 0 Å². The van der Waals surface area contributed by atoms with Crippen LogP contribution in [0.15, 0.2) is 45.3 Å². The quantitative estimate of drug-likeness (QED) is 0.661. The summed E-state index contributed by atoms with van der Waals surface area (Å²) in [5, 5.41) is 1.70. The molecule has 152 valence electrons. The highest BCUT2D eigenvalue weighted by atomic mass is 32.1. The zero-order valence-corrected chi connectivity index (χ0v) is 17.1. The number of thiophene rings is 1. The number of carbonyl (C=O) groups excluding carboxylic acids is 1. The van der Waals surface area contributed by atoms with E-state index >= 15 is 0 Å². The van der Waals surface area contributed by atoms with E-state index in [9.17, 15) is 18.8 Å². The number of likely N-dealkylation sites (tertiary alicyclic amines) is 1. The van der Waals surface area contributed by atoms with Crippen molar-refractivity contribution in [3.05, 3.63) is 62.4 Å². The first-order valence-electron chi connectivity index (χ1n) is 9.62. The number of fused-ring (bicyclic) bond motifs is 1. The van der Waals surface area contributed by atoms with Gasteiger partial charge < -0.3 is 4.90 Å². The first-order chi connectivity index (χ1) is 13.9. The maximum atomic E-state index is 14.4. The minimum atomic E-state index is -0.711. The number of rotatable bonds is 3. The zero-order chi connectivity index (χ0) is 20.7. The average Bonchev–Trinajstić information content (AvgIpc) is 3.16. The molecule has 2 atom stereocenters. The van der Waals surface area contributed by atoms with E-state index in [-0.39, 0.29) is 18.1 Å². The SMILES string of the molecule is C[C@H]1C[C@H](C)CN(C(=O)Cn2c(=O)n(-c3ccccc3F)c(=O)c3sccc32)C1. The van der Waals surface area contributed by atoms with Crippen molar-refractivity contribution in [2.24, 2.45) is 11.8 Å². The summed E-state index contributed by atoms with van der Waals surface area (Å²) < 4.78 is 16.8. The fraction of sp³-hybridized carbons (Fsp3) is 0.381. The Balaban J connectivity index is 1.82. The van der Waals surface area contributed by atoms with Gasteiger partial charge in [0.1, 0.15) is 17.1 Å². The van der Waals surface area contributed by atoms with Crippen molar-refractivity contribution in [2.45, 2.75) is 26.8 Å². The van der Waals surface area contributed by atoms with Crippen LogP contribution in [-0.2, 0) is 11.3 Å². The van der Waals surface area contributed by atoms with Gasteiger partial charge in [-0.15, -0.1) is 11.3 Å². The maximum Gasteiger partial charge on any atom is 0.336 e. The molecule has 3 aromatic rings. The number of piperidine rings is 1. The predicted octanol–water partition coefficient (Wildman–Crippen LogP) is 2.86. The molecule has 0 saturated carbocycles. The van der Waals surface area contributed by atoms with Crippen molar-refractivity contribution in [2.75, 3.05) is 13.1 Å². The van der Waals surface area contributed by atoms with Crippen LogP contribution in [0.5, 0.6) is 0 Å². The number of halogens is 1. The molecule has 1 aliphatic heterocycles. The van der Waals surface area contributed by atoms with Crippen molar-refractivity contribution in [1.82, 2.24) is 14.0 Å². The molecule has 1 amide bonds. The molecule has 0 unspecified atom stereocenters. The van der Waals surface area contributed by atoms with Crippen LogP contribution in [0.2, 0.25) is 0 Å². The summed E-state index contributed by atoms with van der Waals surface area (Å²) in [5.74, 6) is -0.0446. The lowest BCUT2D eigenvalue weighted by Gasteiger charge is -2.35. The van der Waals surface area contributed by atoms with Crippen LogP contribution < -0.4 is 11.2 Å². The molecule has 1 aromatic carbocycles. The Morgan fingerprint density at radius 1 is 1.14 bits per heavy atom. The maximum absolute atomic E-state index is 14.4. The van der Waals surface area contributed by atoms with Gasteiger partial charge in [-0.25, -0.2) is 13.8 Å². The van der Waals surface area contributed by atoms with Crippen molar-refractivity contribution < 1.29 is 9.18 Å². The van der Waals surface area contributed by atoms with E-state index in [0.29, 0.717) is 35.1 Å². The molecular formula is C21H22FN3O3S. The van der Waals surface area contributed by atoms with E-state index in [1.54, 1.807) is 22.4 Å². The van der Waals surface area contributed by atoms with E-state index < -0.39 is 17.1 Å². The fourth-order valence-electron chi connectivity index (χ4n) is 4.19. The highest BCUT2D eigenvalue weighted by molar-refractivity contribution is 7.17. The molecule has 1 fully saturated rings. The minimum Gasteiger partial charge on any atom is -0.341 e. The molecule has 0 radical (unpaired) electrons. The second kappa shape index (κ2) is 7.59. The summed E-state index contributed by atoms with van der Waals surface area (Å²) in [6.45, 7) is 5.34. The smallest absolute Gasteiger partial charge is 0.336 e. The van der Waals surface area contributed by atoms with E-state index in [1.165, 1.54) is 34.1 Å². The zero-order valence-electron chi connectivity index (χ0n) is 16.3. The van der Waals surface area contributed by atoms with Gasteiger partial charge in [0.2, 0.25) is 5.91 Å². The lowest BCUT2D eigenvalue weighted by molar-refractivity contribution is -0.134. The van der Waals surface area contributed by atoms with Gasteiger partial charge in [0, 0.05) is 13.1 Å². The summed E-state index contributed by atoms with van der Waals surface area (Å²) in [6, 6.07) is 7.30. The van der Waals surface area contributed by atoms with Gasteiger partial charge in [0.05, 0.1) is 11.2 Å². The molecule has 29 heavy (non-hydrogen) atoms. The molecule has 0 N–H and O–H groups in total. The number of hydrogen-bond donors (Lipinski definition) is 0. The van der Waals surface area contributed by atoms with Gasteiger partial charge in [-0.1, -0.05) is 26.0 Å². The van der Waals surface area contributed by atoms with Crippen molar-refractivity contribution in [1.29, 1.82) is 0 Å². The lowest BCUT2D eigenvalue weighted by atomic mass is 9.92. The third-order valence-corrected chi connectivity index (χ3v) is 6.25. The first-order valence-corrected chi connectivity index (χ1v) is 10.5. The predicted molar refractivity (Wildman–Crippen MR) is 111 cm³/mol. The number of carbonyl (C=O) groups is 1. The monoisotopic (exact) mass is 415 g/mol. The van der Waals surface area contributed by atoms with Crippen LogP contribution in [0, 0.1) is 17.7 Å². The van der Waals surface area contributed by atoms with E-state index in [1.807, 2.05) is 0 Å². The average molecular weight is 415 g/mol. The van der Waals surface area contributed by atoms with Crippen LogP contribution >= 0.6 is 11.3 Å². The second-order valence-electron chi connectivity index (χ2n) is 7.84. The van der Waals surface area contributed by atoms with Crippen LogP contribution in [0.4, 0.5) is 4.39 Å². The number of benzene rings is 1. The summed E-state index contributed by atoms with van der Waals surface area (Å²) in [4.78, 5) is 40.8.